The van der Waals surface area contributed by atoms with Crippen LogP contribution in [0.1, 0.15) is 234 Å². The lowest BCUT2D eigenvalue weighted by atomic mass is 9.95. The molecule has 3 rings (SSSR count). The van der Waals surface area contributed by atoms with Crippen LogP contribution in [-0.2, 0) is 75.5 Å². The topological polar surface area (TPSA) is 393 Å². The lowest BCUT2D eigenvalue weighted by Gasteiger charge is -2.49. The first-order chi connectivity index (χ1) is 47.6. The Bertz CT molecular complexity index is 2290. The van der Waals surface area contributed by atoms with Gasteiger partial charge in [0.05, 0.1) is 45.1 Å². The normalized spacial score (nSPS) is 27.0. The second kappa shape index (κ2) is 53.2. The molecule has 3 amide bonds. The van der Waals surface area contributed by atoms with Crippen molar-refractivity contribution in [2.45, 2.75) is 332 Å². The largest absolute Gasteiger partial charge is 0.461 e. The number of rotatable bonds is 56. The van der Waals surface area contributed by atoms with Crippen molar-refractivity contribution >= 4 is 37.3 Å². The zero-order valence-electron chi connectivity index (χ0n) is 60.3. The van der Waals surface area contributed by atoms with Crippen LogP contribution in [0.5, 0.6) is 0 Å². The summed E-state index contributed by atoms with van der Waals surface area (Å²) in [5.74, 6) is -2.70. The average Bonchev–Trinajstić information content (AvgIpc) is 0.774. The van der Waals surface area contributed by atoms with Gasteiger partial charge in [-0.05, 0) is 77.6 Å². The first-order valence-electron chi connectivity index (χ1n) is 37.1. The molecular weight excluding hydrogens is 1310 g/mol. The molecule has 0 aromatic heterocycles. The molecule has 0 spiro atoms. The summed E-state index contributed by atoms with van der Waals surface area (Å²) in [6.07, 6.45) is 13.2. The van der Waals surface area contributed by atoms with Crippen molar-refractivity contribution in [2.75, 3.05) is 59.4 Å². The minimum Gasteiger partial charge on any atom is -0.461 e. The number of amides is 3. The van der Waals surface area contributed by atoms with Crippen LogP contribution in [0.4, 0.5) is 0 Å². The van der Waals surface area contributed by atoms with Gasteiger partial charge in [0.2, 0.25) is 17.7 Å². The van der Waals surface area contributed by atoms with E-state index in [1.807, 2.05) is 6.08 Å². The van der Waals surface area contributed by atoms with E-state index in [2.05, 4.69) is 54.9 Å². The molecule has 3 aliphatic heterocycles. The Balaban J connectivity index is 1.49. The number of unbranched alkanes of at least 4 members (excludes halogenated alkanes) is 21. The summed E-state index contributed by atoms with van der Waals surface area (Å²) in [5, 5.41) is 93.0. The van der Waals surface area contributed by atoms with Gasteiger partial charge in [-0.1, -0.05) is 154 Å². The molecule has 3 fully saturated rings. The number of aliphatic hydroxyl groups is 8. The maximum absolute atomic E-state index is 13.6. The zero-order valence-corrected chi connectivity index (χ0v) is 61.2. The van der Waals surface area contributed by atoms with Gasteiger partial charge in [0.15, 0.2) is 25.0 Å². The van der Waals surface area contributed by atoms with Gasteiger partial charge in [-0.15, -0.1) is 0 Å². The number of ether oxygens (including phenoxy) is 8. The highest BCUT2D eigenvalue weighted by Gasteiger charge is 2.54. The van der Waals surface area contributed by atoms with Crippen LogP contribution in [-0.4, -0.2) is 228 Å². The van der Waals surface area contributed by atoms with E-state index in [0.717, 1.165) is 90.4 Å². The van der Waals surface area contributed by atoms with Gasteiger partial charge in [0, 0.05) is 45.9 Å². The van der Waals surface area contributed by atoms with Crippen molar-refractivity contribution < 1.29 is 116 Å². The van der Waals surface area contributed by atoms with E-state index < -0.39 is 143 Å². The summed E-state index contributed by atoms with van der Waals surface area (Å²) in [4.78, 5) is 64.7. The van der Waals surface area contributed by atoms with Crippen molar-refractivity contribution in [3.63, 3.8) is 0 Å². The molecule has 0 aromatic carbocycles. The van der Waals surface area contributed by atoms with Gasteiger partial charge < -0.3 is 104 Å². The molecule has 8 unspecified atom stereocenters. The Kier molecular flexibility index (Phi) is 48.2. The van der Waals surface area contributed by atoms with Crippen LogP contribution in [0, 0.1) is 5.92 Å². The Hall–Kier alpha value is -3.58. The van der Waals surface area contributed by atoms with Crippen LogP contribution in [0.3, 0.4) is 0 Å². The predicted octanol–water partition coefficient (Wildman–Crippen LogP) is 7.05. The van der Waals surface area contributed by atoms with Crippen molar-refractivity contribution in [2.24, 2.45) is 5.92 Å². The van der Waals surface area contributed by atoms with Gasteiger partial charge in [-0.3, -0.25) is 28.5 Å². The molecule has 99 heavy (non-hydrogen) atoms. The molecule has 3 heterocycles. The first kappa shape index (κ1) is 89.6. The monoisotopic (exact) mass is 1440 g/mol. The second-order valence-electron chi connectivity index (χ2n) is 26.6. The maximum atomic E-state index is 13.6. The number of carbonyl (C=O) groups excluding carboxylic acids is 5. The first-order valence-corrected chi connectivity index (χ1v) is 39.1. The van der Waals surface area contributed by atoms with Crippen LogP contribution in [0.15, 0.2) is 24.3 Å². The summed E-state index contributed by atoms with van der Waals surface area (Å²) < 4.78 is 72.0. The summed E-state index contributed by atoms with van der Waals surface area (Å²) >= 11 is 0. The minimum atomic E-state index is -3.77. The summed E-state index contributed by atoms with van der Waals surface area (Å²) in [7, 11) is -3.77. The van der Waals surface area contributed by atoms with Crippen LogP contribution >= 0.6 is 7.60 Å². The summed E-state index contributed by atoms with van der Waals surface area (Å²) in [6, 6.07) is -1.48. The smallest absolute Gasteiger partial charge is 0.327 e. The molecule has 0 aromatic rings. The highest BCUT2D eigenvalue weighted by molar-refractivity contribution is 7.52. The highest BCUT2D eigenvalue weighted by atomic mass is 31.2. The minimum absolute atomic E-state index is 0.00869. The molecule has 576 valence electrons. The molecule has 3 aliphatic rings. The Morgan fingerprint density at radius 2 is 1.05 bits per heavy atom. The van der Waals surface area contributed by atoms with Crippen LogP contribution in [0.2, 0.25) is 0 Å². The molecule has 28 heteroatoms. The molecule has 0 saturated carbocycles. The van der Waals surface area contributed by atoms with E-state index in [9.17, 15) is 69.4 Å². The van der Waals surface area contributed by atoms with Gasteiger partial charge in [0.25, 0.3) is 0 Å². The number of nitrogens with one attached hydrogen (secondary N) is 3. The number of hydrogen-bond acceptors (Lipinski definition) is 24. The molecule has 27 nitrogen and oxygen atoms in total. The number of aliphatic hydroxyl groups excluding tert-OH is 8. The lowest BCUT2D eigenvalue weighted by Crippen LogP contribution is -2.68. The molecule has 3 saturated heterocycles. The summed E-state index contributed by atoms with van der Waals surface area (Å²) in [5.41, 5.74) is 0. The highest BCUT2D eigenvalue weighted by Crippen LogP contribution is 2.44. The molecule has 11 N–H and O–H groups in total. The zero-order chi connectivity index (χ0) is 72.8. The second-order valence-corrected chi connectivity index (χ2v) is 28.6. The Morgan fingerprint density at radius 1 is 0.525 bits per heavy atom. The fourth-order valence-electron chi connectivity index (χ4n) is 11.8. The number of allylic oxidation sites excluding steroid dienone is 3. The number of hydrogen-bond donors (Lipinski definition) is 11. The summed E-state index contributed by atoms with van der Waals surface area (Å²) in [6.45, 7) is 7.86. The maximum Gasteiger partial charge on any atom is 0.327 e. The average molecular weight is 1440 g/mol. The van der Waals surface area contributed by atoms with Crippen LogP contribution in [0.25, 0.3) is 0 Å². The van der Waals surface area contributed by atoms with E-state index in [1.165, 1.54) is 77.8 Å². The third-order valence-corrected chi connectivity index (χ3v) is 19.1. The van der Waals surface area contributed by atoms with Crippen molar-refractivity contribution in [1.29, 1.82) is 0 Å². The van der Waals surface area contributed by atoms with Crippen LogP contribution < -0.4 is 16.0 Å². The van der Waals surface area contributed by atoms with E-state index in [1.54, 1.807) is 0 Å². The molecular formula is C71H128N3O24P. The van der Waals surface area contributed by atoms with E-state index >= 15 is 0 Å². The SMILES string of the molecule is CCCCCCCCC=CCCCCCCCC(=O)O[C@H](COC(=O)C(C=CCCCCCCCC)CCCCCC)COP(C)(=O)OCCNC(=O)CCCCC(=O)NCCCO[C@@H]1OC(CO)[C@H](O)[C@H](O[C@@H]2OC(CO)[C@H](O)[C@H](O)C2NC(C)=O)C1O[C@@H]1OC(C)[C@H](O)[C@@H](O)C1O. The van der Waals surface area contributed by atoms with E-state index in [4.69, 9.17) is 46.9 Å². The van der Waals surface area contributed by atoms with Gasteiger partial charge in [0.1, 0.15) is 73.7 Å². The van der Waals surface area contributed by atoms with Gasteiger partial charge >= 0.3 is 19.5 Å². The quantitative estimate of drug-likeness (QED) is 0.0126. The standard InChI is InChI=1S/C71H128N3O24P/c1-7-10-13-16-18-20-21-22-23-24-25-26-28-30-33-41-58(80)94-53(48-90-68(87)52(37-31-15-12-9-3)38-32-29-27-19-17-14-11-8-2)49-92-99(6,88)91-45-43-73-57(79)40-35-34-39-56(78)72-42-36-44-89-71-67(98-70-65(86)64(85)60(81)50(4)93-70)66(62(83)55(47-76)96-71)97-69-59(74-51(5)77)63(84)61(82)54(46-75)95-69/h22-23,32,38,50,52-55,59-67,69-71,75-76,81-86H,7-21,24-31,33-37,39-49H2,1-6H3,(H,72,78)(H,73,79)(H,74,77)/t50?,52?,53-,54?,55?,59?,60+,61+,62+,63-,64-,65?,66+,67?,69+,70+,71-,99?/m1/s1. The number of esters is 2. The third kappa shape index (κ3) is 37.1. The third-order valence-electron chi connectivity index (χ3n) is 17.8. The molecule has 0 aliphatic carbocycles. The Morgan fingerprint density at radius 3 is 1.65 bits per heavy atom. The lowest BCUT2D eigenvalue weighted by molar-refractivity contribution is -0.385. The fourth-order valence-corrected chi connectivity index (χ4v) is 12.7. The predicted molar refractivity (Wildman–Crippen MR) is 369 cm³/mol. The van der Waals surface area contributed by atoms with Crippen molar-refractivity contribution in [3.05, 3.63) is 24.3 Å². The molecule has 0 radical (unpaired) electrons. The fraction of sp³-hybridized carbons (Fsp3) is 0.873. The van der Waals surface area contributed by atoms with Crippen molar-refractivity contribution in [1.82, 2.24) is 16.0 Å². The van der Waals surface area contributed by atoms with E-state index in [0.29, 0.717) is 25.7 Å². The van der Waals surface area contributed by atoms with E-state index in [-0.39, 0.29) is 77.0 Å². The number of carbonyl (C=O) groups is 5. The van der Waals surface area contributed by atoms with Gasteiger partial charge in [-0.25, -0.2) is 0 Å². The van der Waals surface area contributed by atoms with Gasteiger partial charge in [-0.2, -0.15) is 0 Å². The molecule has 18 atom stereocenters. The Labute approximate surface area is 588 Å². The van der Waals surface area contributed by atoms with Crippen molar-refractivity contribution in [3.8, 4) is 0 Å². The molecule has 0 bridgehead atoms.